The summed E-state index contributed by atoms with van der Waals surface area (Å²) in [5.74, 6) is -0.804. The van der Waals surface area contributed by atoms with E-state index < -0.39 is 28.5 Å². The Labute approximate surface area is 236 Å². The summed E-state index contributed by atoms with van der Waals surface area (Å²) < 4.78 is 26.9. The Kier molecular flexibility index (Phi) is 10.2. The van der Waals surface area contributed by atoms with Crippen LogP contribution in [0.4, 0.5) is 5.69 Å². The van der Waals surface area contributed by atoms with Gasteiger partial charge in [0, 0.05) is 24.0 Å². The van der Waals surface area contributed by atoms with Crippen molar-refractivity contribution in [1.29, 1.82) is 0 Å². The molecule has 3 aromatic carbocycles. The van der Waals surface area contributed by atoms with Crippen molar-refractivity contribution in [3.8, 4) is 0 Å². The minimum Gasteiger partial charge on any atom is -0.352 e. The number of sulfonamides is 1. The second-order valence-electron chi connectivity index (χ2n) is 10.1. The first kappa shape index (κ1) is 30.2. The maximum Gasteiger partial charge on any atom is 0.244 e. The lowest BCUT2D eigenvalue weighted by Gasteiger charge is -2.34. The van der Waals surface area contributed by atoms with Gasteiger partial charge in [-0.2, -0.15) is 0 Å². The molecule has 1 atom stereocenters. The van der Waals surface area contributed by atoms with Gasteiger partial charge in [-0.1, -0.05) is 60.1 Å². The Balaban J connectivity index is 2.06. The smallest absolute Gasteiger partial charge is 0.244 e. The van der Waals surface area contributed by atoms with Gasteiger partial charge in [-0.25, -0.2) is 8.42 Å². The third kappa shape index (κ3) is 8.57. The summed E-state index contributed by atoms with van der Waals surface area (Å²) in [4.78, 5) is 29.0. The molecule has 0 fully saturated rings. The Morgan fingerprint density at radius 3 is 2.10 bits per heavy atom. The van der Waals surface area contributed by atoms with Crippen LogP contribution in [0.15, 0.2) is 72.8 Å². The van der Waals surface area contributed by atoms with Crippen LogP contribution in [-0.2, 0) is 32.6 Å². The SMILES string of the molecule is Cc1ccc(N(CC(=O)N(Cc2ccc(Cl)cc2)[C@@H](Cc2ccccc2)C(=O)NC(C)C)S(C)(=O)=O)cc1C. The number of hydrogen-bond donors (Lipinski definition) is 1. The molecule has 3 aromatic rings. The fourth-order valence-corrected chi connectivity index (χ4v) is 5.18. The lowest BCUT2D eigenvalue weighted by atomic mass is 10.0. The highest BCUT2D eigenvalue weighted by molar-refractivity contribution is 7.92. The highest BCUT2D eigenvalue weighted by atomic mass is 35.5. The van der Waals surface area contributed by atoms with Crippen molar-refractivity contribution in [1.82, 2.24) is 10.2 Å². The third-order valence-corrected chi connectivity index (χ3v) is 7.82. The molecule has 0 radical (unpaired) electrons. The molecule has 0 aliphatic rings. The largest absolute Gasteiger partial charge is 0.352 e. The second-order valence-corrected chi connectivity index (χ2v) is 12.4. The van der Waals surface area contributed by atoms with E-state index in [4.69, 9.17) is 11.6 Å². The van der Waals surface area contributed by atoms with E-state index in [9.17, 15) is 18.0 Å². The summed E-state index contributed by atoms with van der Waals surface area (Å²) in [5.41, 5.74) is 3.96. The molecular weight excluding hydrogens is 534 g/mol. The molecule has 1 N–H and O–H groups in total. The van der Waals surface area contributed by atoms with Gasteiger partial charge in [0.05, 0.1) is 11.9 Å². The summed E-state index contributed by atoms with van der Waals surface area (Å²) in [6, 6.07) is 20.7. The van der Waals surface area contributed by atoms with Crippen LogP contribution in [0, 0.1) is 13.8 Å². The molecule has 208 valence electrons. The number of carbonyl (C=O) groups excluding carboxylic acids is 2. The van der Waals surface area contributed by atoms with Gasteiger partial charge in [0.25, 0.3) is 0 Å². The topological polar surface area (TPSA) is 86.8 Å². The van der Waals surface area contributed by atoms with E-state index in [0.29, 0.717) is 10.7 Å². The standard InChI is InChI=1S/C30H36ClN3O4S/c1-21(2)32-30(36)28(18-24-9-7-6-8-10-24)33(19-25-12-14-26(31)15-13-25)29(35)20-34(39(5,37)38)27-16-11-22(3)23(4)17-27/h6-17,21,28H,18-20H2,1-5H3,(H,32,36)/t28-/m0/s1. The molecule has 0 saturated carbocycles. The molecule has 2 amide bonds. The highest BCUT2D eigenvalue weighted by Gasteiger charge is 2.33. The second kappa shape index (κ2) is 13.1. The Hall–Kier alpha value is -3.36. The number of nitrogens with one attached hydrogen (secondary N) is 1. The summed E-state index contributed by atoms with van der Waals surface area (Å²) >= 11 is 6.08. The van der Waals surface area contributed by atoms with Crippen molar-refractivity contribution in [3.63, 3.8) is 0 Å². The molecule has 0 bridgehead atoms. The molecule has 0 aliphatic heterocycles. The van der Waals surface area contributed by atoms with Gasteiger partial charge < -0.3 is 10.2 Å². The summed E-state index contributed by atoms with van der Waals surface area (Å²) in [6.07, 6.45) is 1.34. The van der Waals surface area contributed by atoms with E-state index in [0.717, 1.165) is 32.8 Å². The summed E-state index contributed by atoms with van der Waals surface area (Å²) in [7, 11) is -3.81. The van der Waals surface area contributed by atoms with Crippen molar-refractivity contribution >= 4 is 39.1 Å². The monoisotopic (exact) mass is 569 g/mol. The molecule has 0 heterocycles. The van der Waals surface area contributed by atoms with Gasteiger partial charge in [0.1, 0.15) is 12.6 Å². The van der Waals surface area contributed by atoms with Crippen molar-refractivity contribution in [2.45, 2.75) is 52.7 Å². The zero-order valence-electron chi connectivity index (χ0n) is 23.0. The number of amides is 2. The first-order valence-electron chi connectivity index (χ1n) is 12.8. The molecule has 0 saturated heterocycles. The first-order valence-corrected chi connectivity index (χ1v) is 15.0. The van der Waals surface area contributed by atoms with Gasteiger partial charge >= 0.3 is 0 Å². The van der Waals surface area contributed by atoms with Crippen molar-refractivity contribution < 1.29 is 18.0 Å². The van der Waals surface area contributed by atoms with Crippen LogP contribution in [0.3, 0.4) is 0 Å². The summed E-state index contributed by atoms with van der Waals surface area (Å²) in [5, 5.41) is 3.49. The Bertz CT molecular complexity index is 1390. The van der Waals surface area contributed by atoms with E-state index in [1.54, 1.807) is 36.4 Å². The minimum absolute atomic E-state index is 0.101. The molecular formula is C30H36ClN3O4S. The highest BCUT2D eigenvalue weighted by Crippen LogP contribution is 2.23. The number of hydrogen-bond acceptors (Lipinski definition) is 4. The Morgan fingerprint density at radius 2 is 1.54 bits per heavy atom. The van der Waals surface area contributed by atoms with Crippen LogP contribution in [0.5, 0.6) is 0 Å². The number of rotatable bonds is 11. The molecule has 0 aromatic heterocycles. The third-order valence-electron chi connectivity index (χ3n) is 6.43. The predicted molar refractivity (Wildman–Crippen MR) is 157 cm³/mol. The quantitative estimate of drug-likeness (QED) is 0.356. The van der Waals surface area contributed by atoms with Crippen LogP contribution in [-0.4, -0.2) is 50.0 Å². The van der Waals surface area contributed by atoms with Gasteiger partial charge in [0.15, 0.2) is 0 Å². The minimum atomic E-state index is -3.81. The maximum absolute atomic E-state index is 14.0. The van der Waals surface area contributed by atoms with Crippen LogP contribution >= 0.6 is 11.6 Å². The zero-order chi connectivity index (χ0) is 28.7. The van der Waals surface area contributed by atoms with Gasteiger partial charge in [-0.05, 0) is 74.2 Å². The number of anilines is 1. The number of benzene rings is 3. The van der Waals surface area contributed by atoms with Gasteiger partial charge in [-0.15, -0.1) is 0 Å². The average molecular weight is 570 g/mol. The number of halogens is 1. The van der Waals surface area contributed by atoms with E-state index in [1.807, 2.05) is 64.1 Å². The summed E-state index contributed by atoms with van der Waals surface area (Å²) in [6.45, 7) is 7.19. The average Bonchev–Trinajstić information content (AvgIpc) is 2.87. The molecule has 0 unspecified atom stereocenters. The van der Waals surface area contributed by atoms with Crippen LogP contribution in [0.1, 0.15) is 36.1 Å². The number of nitrogens with zero attached hydrogens (tertiary/aromatic N) is 2. The van der Waals surface area contributed by atoms with E-state index in [-0.39, 0.29) is 24.9 Å². The fourth-order valence-electron chi connectivity index (χ4n) is 4.22. The molecule has 39 heavy (non-hydrogen) atoms. The van der Waals surface area contributed by atoms with Crippen molar-refractivity contribution in [3.05, 3.63) is 100 Å². The van der Waals surface area contributed by atoms with E-state index >= 15 is 0 Å². The molecule has 3 rings (SSSR count). The molecule has 0 spiro atoms. The van der Waals surface area contributed by atoms with E-state index in [1.165, 1.54) is 4.90 Å². The molecule has 0 aliphatic carbocycles. The van der Waals surface area contributed by atoms with Gasteiger partial charge in [-0.3, -0.25) is 13.9 Å². The normalized spacial score (nSPS) is 12.2. The van der Waals surface area contributed by atoms with Gasteiger partial charge in [0.2, 0.25) is 21.8 Å². The zero-order valence-corrected chi connectivity index (χ0v) is 24.6. The number of carbonyl (C=O) groups is 2. The van der Waals surface area contributed by atoms with Crippen LogP contribution < -0.4 is 9.62 Å². The van der Waals surface area contributed by atoms with Crippen LogP contribution in [0.2, 0.25) is 5.02 Å². The fraction of sp³-hybridized carbons (Fsp3) is 0.333. The predicted octanol–water partition coefficient (Wildman–Crippen LogP) is 4.89. The van der Waals surface area contributed by atoms with E-state index in [2.05, 4.69) is 5.32 Å². The van der Waals surface area contributed by atoms with Crippen molar-refractivity contribution in [2.24, 2.45) is 0 Å². The molecule has 9 heteroatoms. The lowest BCUT2D eigenvalue weighted by Crippen LogP contribution is -2.54. The molecule has 7 nitrogen and oxygen atoms in total. The van der Waals surface area contributed by atoms with Crippen molar-refractivity contribution in [2.75, 3.05) is 17.1 Å². The maximum atomic E-state index is 14.0. The first-order chi connectivity index (χ1) is 18.3. The van der Waals surface area contributed by atoms with Crippen LogP contribution in [0.25, 0.3) is 0 Å². The Morgan fingerprint density at radius 1 is 0.897 bits per heavy atom. The lowest BCUT2D eigenvalue weighted by molar-refractivity contribution is -0.140. The number of aryl methyl sites for hydroxylation is 2.